The Morgan fingerprint density at radius 3 is 1.25 bits per heavy atom. The number of carbonyl (C=O) groups is 4. The molecule has 0 N–H and O–H groups in total. The first kappa shape index (κ1) is 21.0. The number of benzene rings is 2. The second-order valence-electron chi connectivity index (χ2n) is 6.26. The molecule has 28 heavy (non-hydrogen) atoms. The topological polar surface area (TPSA) is 86.7 Å². The second kappa shape index (κ2) is 10.2. The summed E-state index contributed by atoms with van der Waals surface area (Å²) in [5, 5.41) is 0. The van der Waals surface area contributed by atoms with Gasteiger partial charge >= 0.3 is 11.9 Å². The van der Waals surface area contributed by atoms with Crippen LogP contribution in [0.15, 0.2) is 60.7 Å². The van der Waals surface area contributed by atoms with Crippen LogP contribution in [0.2, 0.25) is 0 Å². The molecular formula is C22H22O6. The zero-order valence-electron chi connectivity index (χ0n) is 15.8. The van der Waals surface area contributed by atoms with Gasteiger partial charge in [-0.1, -0.05) is 60.7 Å². The van der Waals surface area contributed by atoms with Gasteiger partial charge in [0.25, 0.3) is 0 Å². The van der Waals surface area contributed by atoms with Crippen molar-refractivity contribution < 1.29 is 28.7 Å². The Morgan fingerprint density at radius 1 is 0.643 bits per heavy atom. The van der Waals surface area contributed by atoms with Crippen molar-refractivity contribution in [3.05, 3.63) is 71.8 Å². The monoisotopic (exact) mass is 382 g/mol. The summed E-state index contributed by atoms with van der Waals surface area (Å²) in [6.45, 7) is 0. The summed E-state index contributed by atoms with van der Waals surface area (Å²) in [4.78, 5) is 50.0. The van der Waals surface area contributed by atoms with Gasteiger partial charge in [-0.15, -0.1) is 0 Å². The van der Waals surface area contributed by atoms with Crippen LogP contribution in [-0.4, -0.2) is 37.7 Å². The Balaban J connectivity index is 2.27. The zero-order chi connectivity index (χ0) is 20.5. The molecule has 0 saturated heterocycles. The maximum absolute atomic E-state index is 12.8. The minimum absolute atomic E-state index is 0.0112. The molecule has 0 heterocycles. The number of esters is 2. The van der Waals surface area contributed by atoms with E-state index in [2.05, 4.69) is 0 Å². The highest BCUT2D eigenvalue weighted by molar-refractivity contribution is 6.44. The highest BCUT2D eigenvalue weighted by Gasteiger charge is 2.39. The molecule has 2 unspecified atom stereocenters. The first-order valence-electron chi connectivity index (χ1n) is 8.79. The number of ketones is 2. The van der Waals surface area contributed by atoms with Gasteiger partial charge in [0.2, 0.25) is 11.6 Å². The maximum atomic E-state index is 12.8. The number of carbonyl (C=O) groups excluding carboxylic acids is 4. The molecule has 146 valence electrons. The van der Waals surface area contributed by atoms with Gasteiger partial charge in [0.1, 0.15) is 11.8 Å². The lowest BCUT2D eigenvalue weighted by atomic mass is 9.86. The average molecular weight is 382 g/mol. The first-order valence-corrected chi connectivity index (χ1v) is 8.79. The largest absolute Gasteiger partial charge is 0.468 e. The summed E-state index contributed by atoms with van der Waals surface area (Å²) >= 11 is 0. The second-order valence-corrected chi connectivity index (χ2v) is 6.26. The normalized spacial score (nSPS) is 12.5. The fraction of sp³-hybridized carbons (Fsp3) is 0.273. The highest BCUT2D eigenvalue weighted by atomic mass is 16.5. The van der Waals surface area contributed by atoms with Crippen molar-refractivity contribution in [2.45, 2.75) is 12.8 Å². The van der Waals surface area contributed by atoms with Gasteiger partial charge in [-0.3, -0.25) is 19.2 Å². The molecule has 0 amide bonds. The van der Waals surface area contributed by atoms with Crippen LogP contribution in [0.3, 0.4) is 0 Å². The van der Waals surface area contributed by atoms with Crippen LogP contribution in [0.4, 0.5) is 0 Å². The van der Waals surface area contributed by atoms with Gasteiger partial charge in [-0.05, 0) is 24.0 Å². The average Bonchev–Trinajstić information content (AvgIpc) is 2.75. The summed E-state index contributed by atoms with van der Waals surface area (Å²) in [6.07, 6.45) is 0.0225. The van der Waals surface area contributed by atoms with Crippen molar-refractivity contribution in [2.75, 3.05) is 14.2 Å². The number of methoxy groups -OCH3 is 2. The van der Waals surface area contributed by atoms with Crippen molar-refractivity contribution >= 4 is 23.5 Å². The van der Waals surface area contributed by atoms with Crippen LogP contribution in [-0.2, 0) is 41.5 Å². The SMILES string of the molecule is COC(=O)C(Cc1ccccc1)C(=O)C(=O)C(Cc1ccccc1)C(=O)OC. The molecule has 0 radical (unpaired) electrons. The van der Waals surface area contributed by atoms with Crippen molar-refractivity contribution in [2.24, 2.45) is 11.8 Å². The van der Waals surface area contributed by atoms with Crippen molar-refractivity contribution in [1.82, 2.24) is 0 Å². The Kier molecular flexibility index (Phi) is 7.63. The van der Waals surface area contributed by atoms with Crippen LogP contribution in [0, 0.1) is 11.8 Å². The van der Waals surface area contributed by atoms with Gasteiger partial charge in [-0.25, -0.2) is 0 Å². The van der Waals surface area contributed by atoms with E-state index in [4.69, 9.17) is 9.47 Å². The first-order chi connectivity index (χ1) is 13.5. The lowest BCUT2D eigenvalue weighted by molar-refractivity contribution is -0.158. The molecule has 0 saturated carbocycles. The molecule has 0 aliphatic rings. The summed E-state index contributed by atoms with van der Waals surface area (Å²) in [5.41, 5.74) is 1.41. The minimum atomic E-state index is -1.32. The smallest absolute Gasteiger partial charge is 0.317 e. The Bertz CT molecular complexity index is 757. The van der Waals surface area contributed by atoms with E-state index in [9.17, 15) is 19.2 Å². The molecule has 2 aromatic rings. The standard InChI is InChI=1S/C22H22O6/c1-27-21(25)17(13-15-9-5-3-6-10-15)19(23)20(24)18(22(26)28-2)14-16-11-7-4-8-12-16/h3-12,17-18H,13-14H2,1-2H3. The molecule has 6 nitrogen and oxygen atoms in total. The molecule has 2 atom stereocenters. The van der Waals surface area contributed by atoms with Gasteiger partial charge < -0.3 is 9.47 Å². The van der Waals surface area contributed by atoms with E-state index in [1.807, 2.05) is 0 Å². The summed E-state index contributed by atoms with van der Waals surface area (Å²) in [7, 11) is 2.31. The molecule has 0 fully saturated rings. The van der Waals surface area contributed by atoms with E-state index in [0.717, 1.165) is 14.2 Å². The number of hydrogen-bond donors (Lipinski definition) is 0. The summed E-state index contributed by atoms with van der Waals surface area (Å²) in [5.74, 6) is -6.18. The third kappa shape index (κ3) is 5.36. The quantitative estimate of drug-likeness (QED) is 0.375. The van der Waals surface area contributed by atoms with E-state index in [-0.39, 0.29) is 12.8 Å². The molecule has 0 bridgehead atoms. The molecule has 0 spiro atoms. The minimum Gasteiger partial charge on any atom is -0.468 e. The van der Waals surface area contributed by atoms with Crippen LogP contribution >= 0.6 is 0 Å². The van der Waals surface area contributed by atoms with E-state index < -0.39 is 35.3 Å². The molecule has 0 aliphatic heterocycles. The van der Waals surface area contributed by atoms with E-state index in [0.29, 0.717) is 11.1 Å². The number of rotatable bonds is 9. The zero-order valence-corrected chi connectivity index (χ0v) is 15.8. The van der Waals surface area contributed by atoms with Crippen molar-refractivity contribution in [3.63, 3.8) is 0 Å². The summed E-state index contributed by atoms with van der Waals surface area (Å²) < 4.78 is 9.43. The third-order valence-corrected chi connectivity index (χ3v) is 4.41. The van der Waals surface area contributed by atoms with Crippen LogP contribution < -0.4 is 0 Å². The van der Waals surface area contributed by atoms with Crippen molar-refractivity contribution in [3.8, 4) is 0 Å². The fourth-order valence-electron chi connectivity index (χ4n) is 2.89. The lowest BCUT2D eigenvalue weighted by Gasteiger charge is -2.17. The predicted octanol–water partition coefficient (Wildman–Crippen LogP) is 2.19. The van der Waals surface area contributed by atoms with Crippen molar-refractivity contribution in [1.29, 1.82) is 0 Å². The summed E-state index contributed by atoms with van der Waals surface area (Å²) in [6, 6.07) is 17.7. The molecule has 6 heteroatoms. The van der Waals surface area contributed by atoms with Crippen LogP contribution in [0.25, 0.3) is 0 Å². The molecule has 0 aromatic heterocycles. The number of Topliss-reactive ketones (excluding diaryl/α,β-unsaturated/α-hetero) is 2. The molecule has 2 rings (SSSR count). The number of ether oxygens (including phenoxy) is 2. The Labute approximate surface area is 163 Å². The van der Waals surface area contributed by atoms with Gasteiger partial charge in [0, 0.05) is 0 Å². The van der Waals surface area contributed by atoms with Crippen LogP contribution in [0.5, 0.6) is 0 Å². The molecular weight excluding hydrogens is 360 g/mol. The van der Waals surface area contributed by atoms with Gasteiger partial charge in [-0.2, -0.15) is 0 Å². The maximum Gasteiger partial charge on any atom is 0.317 e. The van der Waals surface area contributed by atoms with Gasteiger partial charge in [0.05, 0.1) is 14.2 Å². The molecule has 2 aromatic carbocycles. The predicted molar refractivity (Wildman–Crippen MR) is 101 cm³/mol. The highest BCUT2D eigenvalue weighted by Crippen LogP contribution is 2.18. The molecule has 0 aliphatic carbocycles. The Morgan fingerprint density at radius 2 is 0.964 bits per heavy atom. The number of hydrogen-bond acceptors (Lipinski definition) is 6. The lowest BCUT2D eigenvalue weighted by Crippen LogP contribution is -2.40. The van der Waals surface area contributed by atoms with Gasteiger partial charge in [0.15, 0.2) is 0 Å². The van der Waals surface area contributed by atoms with E-state index >= 15 is 0 Å². The van der Waals surface area contributed by atoms with E-state index in [1.165, 1.54) is 0 Å². The fourth-order valence-corrected chi connectivity index (χ4v) is 2.89. The Hall–Kier alpha value is -3.28. The third-order valence-electron chi connectivity index (χ3n) is 4.41. The van der Waals surface area contributed by atoms with Crippen LogP contribution in [0.1, 0.15) is 11.1 Å². The van der Waals surface area contributed by atoms with E-state index in [1.54, 1.807) is 60.7 Å².